The number of rotatable bonds is 7. The average Bonchev–Trinajstić information content (AvgIpc) is 2.31. The van der Waals surface area contributed by atoms with E-state index in [0.717, 1.165) is 15.3 Å². The minimum absolute atomic E-state index is 0.635. The van der Waals surface area contributed by atoms with Gasteiger partial charge in [0, 0.05) is 16.7 Å². The number of pyridine rings is 1. The molecule has 0 saturated heterocycles. The van der Waals surface area contributed by atoms with E-state index >= 15 is 0 Å². The second kappa shape index (κ2) is 8.09. The Kier molecular flexibility index (Phi) is 7.08. The largest absolute Gasteiger partial charge is 0.317 e. The summed E-state index contributed by atoms with van der Waals surface area (Å²) in [5.74, 6) is 1.16. The van der Waals surface area contributed by atoms with E-state index < -0.39 is 0 Å². The molecule has 1 atom stereocenters. The maximum Gasteiger partial charge on any atom is 0.0960 e. The quantitative estimate of drug-likeness (QED) is 0.614. The van der Waals surface area contributed by atoms with E-state index in [0.29, 0.717) is 6.04 Å². The van der Waals surface area contributed by atoms with Crippen LogP contribution in [0.2, 0.25) is 0 Å². The zero-order valence-electron chi connectivity index (χ0n) is 9.87. The number of aromatic nitrogens is 1. The molecule has 90 valence electrons. The molecule has 0 aliphatic rings. The van der Waals surface area contributed by atoms with E-state index in [1.165, 1.54) is 19.3 Å². The third-order valence-corrected chi connectivity index (χ3v) is 3.97. The normalized spacial score (nSPS) is 12.7. The fourth-order valence-electron chi connectivity index (χ4n) is 1.32. The van der Waals surface area contributed by atoms with Crippen molar-refractivity contribution in [1.82, 2.24) is 10.3 Å². The first-order chi connectivity index (χ1) is 7.72. The van der Waals surface area contributed by atoms with E-state index in [2.05, 4.69) is 39.2 Å². The lowest BCUT2D eigenvalue weighted by atomic mass is 10.1. The van der Waals surface area contributed by atoms with E-state index in [4.69, 9.17) is 0 Å². The molecule has 1 aromatic heterocycles. The fraction of sp³-hybridized carbons (Fsp3) is 0.583. The van der Waals surface area contributed by atoms with Crippen LogP contribution >= 0.6 is 27.7 Å². The Morgan fingerprint density at radius 3 is 2.88 bits per heavy atom. The smallest absolute Gasteiger partial charge is 0.0960 e. The lowest BCUT2D eigenvalue weighted by Gasteiger charge is -2.08. The van der Waals surface area contributed by atoms with Crippen molar-refractivity contribution >= 4 is 27.7 Å². The second-order valence-electron chi connectivity index (χ2n) is 3.85. The SMILES string of the molecule is CNC(C)CCCCSc1ccc(Br)cn1. The Labute approximate surface area is 111 Å². The number of hydrogen-bond donors (Lipinski definition) is 1. The molecular formula is C12H19BrN2S. The molecule has 0 amide bonds. The van der Waals surface area contributed by atoms with Crippen LogP contribution < -0.4 is 5.32 Å². The van der Waals surface area contributed by atoms with Crippen LogP contribution in [0.4, 0.5) is 0 Å². The third-order valence-electron chi connectivity index (χ3n) is 2.47. The van der Waals surface area contributed by atoms with Crippen LogP contribution in [0.1, 0.15) is 26.2 Å². The summed E-state index contributed by atoms with van der Waals surface area (Å²) in [6, 6.07) is 4.74. The lowest BCUT2D eigenvalue weighted by Crippen LogP contribution is -2.20. The van der Waals surface area contributed by atoms with Gasteiger partial charge >= 0.3 is 0 Å². The summed E-state index contributed by atoms with van der Waals surface area (Å²) in [6.45, 7) is 2.23. The molecule has 0 saturated carbocycles. The van der Waals surface area contributed by atoms with E-state index in [1.807, 2.05) is 31.1 Å². The Balaban J connectivity index is 2.09. The molecule has 0 aromatic carbocycles. The van der Waals surface area contributed by atoms with Crippen molar-refractivity contribution in [3.05, 3.63) is 22.8 Å². The highest BCUT2D eigenvalue weighted by Crippen LogP contribution is 2.19. The van der Waals surface area contributed by atoms with Crippen molar-refractivity contribution in [2.45, 2.75) is 37.3 Å². The van der Waals surface area contributed by atoms with Gasteiger partial charge in [0.1, 0.15) is 0 Å². The first-order valence-electron chi connectivity index (χ1n) is 5.64. The number of nitrogens with one attached hydrogen (secondary N) is 1. The number of halogens is 1. The number of unbranched alkanes of at least 4 members (excludes halogenated alkanes) is 1. The van der Waals surface area contributed by atoms with Crippen LogP contribution in [0.3, 0.4) is 0 Å². The van der Waals surface area contributed by atoms with Gasteiger partial charge in [0.15, 0.2) is 0 Å². The molecule has 0 spiro atoms. The van der Waals surface area contributed by atoms with Crippen molar-refractivity contribution < 1.29 is 0 Å². The number of nitrogens with zero attached hydrogens (tertiary/aromatic N) is 1. The summed E-state index contributed by atoms with van der Waals surface area (Å²) < 4.78 is 1.04. The van der Waals surface area contributed by atoms with Gasteiger partial charge in [-0.3, -0.25) is 0 Å². The zero-order chi connectivity index (χ0) is 11.8. The lowest BCUT2D eigenvalue weighted by molar-refractivity contribution is 0.539. The molecule has 0 bridgehead atoms. The van der Waals surface area contributed by atoms with Gasteiger partial charge in [-0.15, -0.1) is 11.8 Å². The highest BCUT2D eigenvalue weighted by Gasteiger charge is 1.99. The van der Waals surface area contributed by atoms with Gasteiger partial charge in [0.05, 0.1) is 5.03 Å². The minimum Gasteiger partial charge on any atom is -0.317 e. The van der Waals surface area contributed by atoms with Gasteiger partial charge in [-0.05, 0) is 60.6 Å². The number of thioether (sulfide) groups is 1. The average molecular weight is 303 g/mol. The van der Waals surface area contributed by atoms with Gasteiger partial charge in [0.25, 0.3) is 0 Å². The van der Waals surface area contributed by atoms with Crippen LogP contribution in [0.5, 0.6) is 0 Å². The summed E-state index contributed by atoms with van der Waals surface area (Å²) >= 11 is 5.22. The van der Waals surface area contributed by atoms with Crippen molar-refractivity contribution in [2.75, 3.05) is 12.8 Å². The number of hydrogen-bond acceptors (Lipinski definition) is 3. The summed E-state index contributed by atoms with van der Waals surface area (Å²) in [4.78, 5) is 4.33. The van der Waals surface area contributed by atoms with Gasteiger partial charge < -0.3 is 5.32 Å². The summed E-state index contributed by atoms with van der Waals surface area (Å²) in [5.41, 5.74) is 0. The van der Waals surface area contributed by atoms with E-state index in [9.17, 15) is 0 Å². The molecule has 1 rings (SSSR count). The highest BCUT2D eigenvalue weighted by molar-refractivity contribution is 9.10. The summed E-state index contributed by atoms with van der Waals surface area (Å²) in [7, 11) is 2.02. The van der Waals surface area contributed by atoms with Crippen LogP contribution in [-0.4, -0.2) is 23.8 Å². The maximum atomic E-state index is 4.33. The van der Waals surface area contributed by atoms with Crippen LogP contribution in [0.15, 0.2) is 27.8 Å². The third kappa shape index (κ3) is 5.87. The molecule has 1 heterocycles. The molecule has 4 heteroatoms. The Hall–Kier alpha value is -0.0600. The van der Waals surface area contributed by atoms with Gasteiger partial charge in [-0.25, -0.2) is 4.98 Å². The summed E-state index contributed by atoms with van der Waals surface area (Å²) in [5, 5.41) is 4.37. The van der Waals surface area contributed by atoms with Crippen molar-refractivity contribution in [3.63, 3.8) is 0 Å². The maximum absolute atomic E-state index is 4.33. The van der Waals surface area contributed by atoms with Crippen LogP contribution in [-0.2, 0) is 0 Å². The fourth-order valence-corrected chi connectivity index (χ4v) is 2.40. The minimum atomic E-state index is 0.635. The molecule has 0 aliphatic heterocycles. The topological polar surface area (TPSA) is 24.9 Å². The van der Waals surface area contributed by atoms with Crippen molar-refractivity contribution in [1.29, 1.82) is 0 Å². The highest BCUT2D eigenvalue weighted by atomic mass is 79.9. The molecule has 0 aliphatic carbocycles. The standard InChI is InChI=1S/C12H19BrN2S/c1-10(14-2)5-3-4-8-16-12-7-6-11(13)9-15-12/h6-7,9-10,14H,3-5,8H2,1-2H3. The van der Waals surface area contributed by atoms with E-state index in [1.54, 1.807) is 0 Å². The zero-order valence-corrected chi connectivity index (χ0v) is 12.3. The molecule has 0 radical (unpaired) electrons. The molecule has 1 unspecified atom stereocenters. The predicted molar refractivity (Wildman–Crippen MR) is 75.0 cm³/mol. The molecule has 1 N–H and O–H groups in total. The predicted octanol–water partition coefficient (Wildman–Crippen LogP) is 3.71. The molecule has 16 heavy (non-hydrogen) atoms. The van der Waals surface area contributed by atoms with Gasteiger partial charge in [-0.1, -0.05) is 6.42 Å². The van der Waals surface area contributed by atoms with E-state index in [-0.39, 0.29) is 0 Å². The Bertz CT molecular complexity index is 290. The monoisotopic (exact) mass is 302 g/mol. The molecule has 0 fully saturated rings. The van der Waals surface area contributed by atoms with Crippen LogP contribution in [0.25, 0.3) is 0 Å². The summed E-state index contributed by atoms with van der Waals surface area (Å²) in [6.07, 6.45) is 5.65. The van der Waals surface area contributed by atoms with Gasteiger partial charge in [-0.2, -0.15) is 0 Å². The van der Waals surface area contributed by atoms with Crippen molar-refractivity contribution in [2.24, 2.45) is 0 Å². The first kappa shape index (κ1) is 14.0. The van der Waals surface area contributed by atoms with Crippen LogP contribution in [0, 0.1) is 0 Å². The molecule has 1 aromatic rings. The Morgan fingerprint density at radius 2 is 2.25 bits per heavy atom. The van der Waals surface area contributed by atoms with Gasteiger partial charge in [0.2, 0.25) is 0 Å². The Morgan fingerprint density at radius 1 is 1.44 bits per heavy atom. The first-order valence-corrected chi connectivity index (χ1v) is 7.42. The second-order valence-corrected chi connectivity index (χ2v) is 5.88. The molecule has 2 nitrogen and oxygen atoms in total. The molecular weight excluding hydrogens is 284 g/mol. The van der Waals surface area contributed by atoms with Crippen molar-refractivity contribution in [3.8, 4) is 0 Å².